The Morgan fingerprint density at radius 2 is 2.10 bits per heavy atom. The standard InChI is InChI=1S/C14H20N2O5/c1-2-11-14(20)12(18)5-6-16(11)7-8-21-13(19)4-3-10(17)9-15/h5-6,20H,2-4,7-9,15H2,1H3. The molecule has 0 aliphatic carbocycles. The monoisotopic (exact) mass is 296 g/mol. The summed E-state index contributed by atoms with van der Waals surface area (Å²) in [7, 11) is 0. The Hall–Kier alpha value is -2.15. The Labute approximate surface area is 122 Å². The molecule has 21 heavy (non-hydrogen) atoms. The third kappa shape index (κ3) is 5.03. The van der Waals surface area contributed by atoms with Crippen LogP contribution in [-0.4, -0.2) is 34.6 Å². The van der Waals surface area contributed by atoms with Crippen molar-refractivity contribution < 1.29 is 19.4 Å². The zero-order valence-electron chi connectivity index (χ0n) is 12.0. The summed E-state index contributed by atoms with van der Waals surface area (Å²) in [6.07, 6.45) is 2.12. The van der Waals surface area contributed by atoms with Gasteiger partial charge < -0.3 is 20.1 Å². The highest BCUT2D eigenvalue weighted by molar-refractivity contribution is 5.84. The summed E-state index contributed by atoms with van der Waals surface area (Å²) in [4.78, 5) is 33.7. The molecule has 0 unspecified atom stereocenters. The van der Waals surface area contributed by atoms with Crippen LogP contribution in [0.15, 0.2) is 17.1 Å². The van der Waals surface area contributed by atoms with E-state index in [0.29, 0.717) is 18.7 Å². The predicted octanol–water partition coefficient (Wildman–Crippen LogP) is -0.0325. The number of carbonyl (C=O) groups is 2. The number of hydrogen-bond acceptors (Lipinski definition) is 6. The first-order chi connectivity index (χ1) is 9.99. The Morgan fingerprint density at radius 1 is 1.38 bits per heavy atom. The number of ketones is 1. The Bertz CT molecular complexity index is 565. The number of esters is 1. The minimum atomic E-state index is -0.472. The average Bonchev–Trinajstić information content (AvgIpc) is 2.48. The zero-order chi connectivity index (χ0) is 15.8. The molecule has 7 nitrogen and oxygen atoms in total. The van der Waals surface area contributed by atoms with E-state index in [1.807, 2.05) is 6.92 Å². The number of ether oxygens (including phenoxy) is 1. The lowest BCUT2D eigenvalue weighted by molar-refractivity contribution is -0.145. The molecule has 116 valence electrons. The summed E-state index contributed by atoms with van der Waals surface area (Å²) in [6, 6.07) is 1.26. The predicted molar refractivity (Wildman–Crippen MR) is 76.0 cm³/mol. The molecule has 1 rings (SSSR count). The lowest BCUT2D eigenvalue weighted by atomic mass is 10.2. The van der Waals surface area contributed by atoms with Crippen molar-refractivity contribution in [3.8, 4) is 5.75 Å². The molecule has 0 saturated carbocycles. The van der Waals surface area contributed by atoms with E-state index in [2.05, 4.69) is 0 Å². The second-order valence-electron chi connectivity index (χ2n) is 4.49. The quantitative estimate of drug-likeness (QED) is 0.651. The van der Waals surface area contributed by atoms with Crippen LogP contribution < -0.4 is 11.2 Å². The van der Waals surface area contributed by atoms with Crippen molar-refractivity contribution >= 4 is 11.8 Å². The maximum Gasteiger partial charge on any atom is 0.306 e. The molecule has 0 amide bonds. The average molecular weight is 296 g/mol. The summed E-state index contributed by atoms with van der Waals surface area (Å²) in [5, 5.41) is 9.67. The number of Topliss-reactive ketones (excluding diaryl/α,β-unsaturated/α-hetero) is 1. The summed E-state index contributed by atoms with van der Waals surface area (Å²) < 4.78 is 6.66. The van der Waals surface area contributed by atoms with E-state index in [1.165, 1.54) is 6.07 Å². The SMILES string of the molecule is CCc1c(O)c(=O)ccn1CCOC(=O)CCC(=O)CN. The molecule has 1 aromatic heterocycles. The van der Waals surface area contributed by atoms with Gasteiger partial charge >= 0.3 is 5.97 Å². The number of aromatic hydroxyl groups is 1. The van der Waals surface area contributed by atoms with Crippen LogP contribution in [0.3, 0.4) is 0 Å². The topological polar surface area (TPSA) is 112 Å². The fourth-order valence-corrected chi connectivity index (χ4v) is 1.86. The van der Waals surface area contributed by atoms with Crippen molar-refractivity contribution in [2.75, 3.05) is 13.2 Å². The van der Waals surface area contributed by atoms with Crippen LogP contribution in [0.2, 0.25) is 0 Å². The molecular formula is C14H20N2O5. The molecule has 0 aliphatic heterocycles. The smallest absolute Gasteiger partial charge is 0.306 e. The molecular weight excluding hydrogens is 276 g/mol. The largest absolute Gasteiger partial charge is 0.503 e. The van der Waals surface area contributed by atoms with E-state index in [-0.39, 0.29) is 37.5 Å². The molecule has 0 aromatic carbocycles. The van der Waals surface area contributed by atoms with Crippen molar-refractivity contribution in [1.82, 2.24) is 4.57 Å². The number of pyridine rings is 1. The maximum absolute atomic E-state index is 11.4. The Balaban J connectivity index is 2.49. The molecule has 0 bridgehead atoms. The number of hydrogen-bond donors (Lipinski definition) is 2. The van der Waals surface area contributed by atoms with Crippen LogP contribution in [0, 0.1) is 0 Å². The highest BCUT2D eigenvalue weighted by Crippen LogP contribution is 2.11. The summed E-state index contributed by atoms with van der Waals surface area (Å²) in [5.41, 5.74) is 5.21. The lowest BCUT2D eigenvalue weighted by Gasteiger charge is -2.13. The molecule has 0 saturated heterocycles. The Morgan fingerprint density at radius 3 is 2.71 bits per heavy atom. The first-order valence-corrected chi connectivity index (χ1v) is 6.78. The van der Waals surface area contributed by atoms with Gasteiger partial charge in [0.05, 0.1) is 25.2 Å². The van der Waals surface area contributed by atoms with Gasteiger partial charge in [0.25, 0.3) is 0 Å². The van der Waals surface area contributed by atoms with Gasteiger partial charge in [-0.25, -0.2) is 0 Å². The van der Waals surface area contributed by atoms with E-state index in [9.17, 15) is 19.5 Å². The van der Waals surface area contributed by atoms with Gasteiger partial charge in [-0.15, -0.1) is 0 Å². The minimum absolute atomic E-state index is 0.00603. The molecule has 0 radical (unpaired) electrons. The van der Waals surface area contributed by atoms with E-state index < -0.39 is 11.4 Å². The van der Waals surface area contributed by atoms with Crippen molar-refractivity contribution in [1.29, 1.82) is 0 Å². The molecule has 1 heterocycles. The minimum Gasteiger partial charge on any atom is -0.503 e. The normalized spacial score (nSPS) is 10.4. The maximum atomic E-state index is 11.4. The van der Waals surface area contributed by atoms with Crippen LogP contribution in [0.25, 0.3) is 0 Å². The zero-order valence-corrected chi connectivity index (χ0v) is 12.0. The first kappa shape index (κ1) is 16.9. The molecule has 7 heteroatoms. The number of rotatable bonds is 8. The summed E-state index contributed by atoms with van der Waals surface area (Å²) >= 11 is 0. The third-order valence-electron chi connectivity index (χ3n) is 3.03. The van der Waals surface area contributed by atoms with Crippen LogP contribution >= 0.6 is 0 Å². The van der Waals surface area contributed by atoms with Crippen molar-refractivity contribution in [3.05, 3.63) is 28.2 Å². The highest BCUT2D eigenvalue weighted by Gasteiger charge is 2.10. The number of nitrogens with two attached hydrogens (primary N) is 1. The molecule has 1 aromatic rings. The summed E-state index contributed by atoms with van der Waals surface area (Å²) in [6.45, 7) is 2.16. The van der Waals surface area contributed by atoms with Gasteiger partial charge in [0.1, 0.15) is 12.4 Å². The van der Waals surface area contributed by atoms with Crippen molar-refractivity contribution in [2.45, 2.75) is 32.7 Å². The molecule has 0 aliphatic rings. The van der Waals surface area contributed by atoms with Gasteiger partial charge in [-0.3, -0.25) is 14.4 Å². The van der Waals surface area contributed by atoms with Crippen LogP contribution in [0.5, 0.6) is 5.75 Å². The highest BCUT2D eigenvalue weighted by atomic mass is 16.5. The van der Waals surface area contributed by atoms with Gasteiger partial charge in [0.2, 0.25) is 5.43 Å². The van der Waals surface area contributed by atoms with Crippen LogP contribution in [-0.2, 0) is 27.3 Å². The molecule has 3 N–H and O–H groups in total. The van der Waals surface area contributed by atoms with Gasteiger partial charge in [-0.05, 0) is 6.42 Å². The van der Waals surface area contributed by atoms with E-state index in [4.69, 9.17) is 10.5 Å². The number of nitrogens with zero attached hydrogens (tertiary/aromatic N) is 1. The molecule has 0 atom stereocenters. The summed E-state index contributed by atoms with van der Waals surface area (Å²) in [5.74, 6) is -0.939. The van der Waals surface area contributed by atoms with E-state index in [0.717, 1.165) is 0 Å². The van der Waals surface area contributed by atoms with Crippen LogP contribution in [0.4, 0.5) is 0 Å². The third-order valence-corrected chi connectivity index (χ3v) is 3.03. The fourth-order valence-electron chi connectivity index (χ4n) is 1.86. The van der Waals surface area contributed by atoms with E-state index in [1.54, 1.807) is 10.8 Å². The van der Waals surface area contributed by atoms with Gasteiger partial charge in [0, 0.05) is 18.7 Å². The van der Waals surface area contributed by atoms with Gasteiger partial charge in [-0.2, -0.15) is 0 Å². The molecule has 0 fully saturated rings. The van der Waals surface area contributed by atoms with E-state index >= 15 is 0 Å². The first-order valence-electron chi connectivity index (χ1n) is 6.78. The molecule has 0 spiro atoms. The Kier molecular flexibility index (Phi) is 6.61. The van der Waals surface area contributed by atoms with Crippen molar-refractivity contribution in [2.24, 2.45) is 5.73 Å². The van der Waals surface area contributed by atoms with Crippen molar-refractivity contribution in [3.63, 3.8) is 0 Å². The van der Waals surface area contributed by atoms with Gasteiger partial charge in [-0.1, -0.05) is 6.92 Å². The fraction of sp³-hybridized carbons (Fsp3) is 0.500. The number of carbonyl (C=O) groups excluding carboxylic acids is 2. The van der Waals surface area contributed by atoms with Gasteiger partial charge in [0.15, 0.2) is 5.75 Å². The lowest BCUT2D eigenvalue weighted by Crippen LogP contribution is -2.18. The number of aromatic nitrogens is 1. The second kappa shape index (κ2) is 8.21. The second-order valence-corrected chi connectivity index (χ2v) is 4.49. The van der Waals surface area contributed by atoms with Crippen LogP contribution in [0.1, 0.15) is 25.5 Å².